The fourth-order valence-electron chi connectivity index (χ4n) is 1.72. The van der Waals surface area contributed by atoms with Crippen LogP contribution in [0.2, 0.25) is 0 Å². The lowest BCUT2D eigenvalue weighted by Gasteiger charge is -2.16. The average Bonchev–Trinajstić information content (AvgIpc) is 3.06. The number of esters is 1. The van der Waals surface area contributed by atoms with Gasteiger partial charge in [-0.25, -0.2) is 0 Å². The van der Waals surface area contributed by atoms with Crippen molar-refractivity contribution in [1.82, 2.24) is 5.32 Å². The van der Waals surface area contributed by atoms with Crippen molar-refractivity contribution in [1.29, 1.82) is 0 Å². The van der Waals surface area contributed by atoms with Crippen LogP contribution in [-0.2, 0) is 16.1 Å². The maximum absolute atomic E-state index is 11.5. The predicted molar refractivity (Wildman–Crippen MR) is 79.3 cm³/mol. The second-order valence-corrected chi connectivity index (χ2v) is 6.01. The Morgan fingerprint density at radius 2 is 2.26 bits per heavy atom. The van der Waals surface area contributed by atoms with E-state index in [0.29, 0.717) is 13.0 Å². The minimum atomic E-state index is -0.218. The molecule has 0 radical (unpaired) electrons. The Hall–Kier alpha value is -1.37. The SMILES string of the molecule is COC(=O)CC(NCc1sccc1N)c1cccs1. The van der Waals surface area contributed by atoms with Gasteiger partial charge in [-0.15, -0.1) is 22.7 Å². The first-order chi connectivity index (χ1) is 9.20. The molecule has 1 unspecified atom stereocenters. The predicted octanol–water partition coefficient (Wildman–Crippen LogP) is 2.79. The smallest absolute Gasteiger partial charge is 0.307 e. The van der Waals surface area contributed by atoms with Crippen LogP contribution in [0, 0.1) is 0 Å². The summed E-state index contributed by atoms with van der Waals surface area (Å²) >= 11 is 3.24. The normalized spacial score (nSPS) is 12.3. The third-order valence-corrected chi connectivity index (χ3v) is 4.70. The van der Waals surface area contributed by atoms with E-state index in [-0.39, 0.29) is 12.0 Å². The summed E-state index contributed by atoms with van der Waals surface area (Å²) in [7, 11) is 1.41. The van der Waals surface area contributed by atoms with Gasteiger partial charge >= 0.3 is 5.97 Å². The molecule has 3 N–H and O–H groups in total. The van der Waals surface area contributed by atoms with Gasteiger partial charge in [-0.05, 0) is 22.9 Å². The van der Waals surface area contributed by atoms with Crippen molar-refractivity contribution in [3.8, 4) is 0 Å². The Morgan fingerprint density at radius 3 is 2.84 bits per heavy atom. The van der Waals surface area contributed by atoms with Crippen molar-refractivity contribution in [2.24, 2.45) is 0 Å². The fourth-order valence-corrected chi connectivity index (χ4v) is 3.28. The van der Waals surface area contributed by atoms with Gasteiger partial charge in [0.15, 0.2) is 0 Å². The van der Waals surface area contributed by atoms with Crippen LogP contribution in [0.3, 0.4) is 0 Å². The molecule has 2 heterocycles. The number of hydrogen-bond acceptors (Lipinski definition) is 6. The number of anilines is 1. The van der Waals surface area contributed by atoms with E-state index in [4.69, 9.17) is 10.5 Å². The molecule has 0 spiro atoms. The summed E-state index contributed by atoms with van der Waals surface area (Å²) in [6.07, 6.45) is 0.322. The van der Waals surface area contributed by atoms with E-state index >= 15 is 0 Å². The lowest BCUT2D eigenvalue weighted by atomic mass is 10.1. The van der Waals surface area contributed by atoms with Crippen molar-refractivity contribution >= 4 is 34.3 Å². The van der Waals surface area contributed by atoms with E-state index in [1.54, 1.807) is 22.7 Å². The summed E-state index contributed by atoms with van der Waals surface area (Å²) in [5.41, 5.74) is 6.65. The standard InChI is InChI=1S/C13H16N2O2S2/c1-17-13(16)7-10(11-3-2-5-18-11)15-8-12-9(14)4-6-19-12/h2-6,10,15H,7-8,14H2,1H3. The van der Waals surface area contributed by atoms with Gasteiger partial charge < -0.3 is 15.8 Å². The summed E-state index contributed by atoms with van der Waals surface area (Å²) in [6, 6.07) is 5.85. The first kappa shape index (κ1) is 14.0. The number of carbonyl (C=O) groups is 1. The topological polar surface area (TPSA) is 64.3 Å². The second kappa shape index (κ2) is 6.70. The van der Waals surface area contributed by atoms with Gasteiger partial charge in [0.05, 0.1) is 19.6 Å². The molecule has 6 heteroatoms. The summed E-state index contributed by atoms with van der Waals surface area (Å²) in [5, 5.41) is 7.34. The molecule has 2 aromatic heterocycles. The number of nitrogens with two attached hydrogens (primary N) is 1. The number of rotatable bonds is 6. The van der Waals surface area contributed by atoms with E-state index in [2.05, 4.69) is 5.32 Å². The van der Waals surface area contributed by atoms with Crippen LogP contribution in [-0.4, -0.2) is 13.1 Å². The van der Waals surface area contributed by atoms with E-state index < -0.39 is 0 Å². The highest BCUT2D eigenvalue weighted by atomic mass is 32.1. The molecule has 0 bridgehead atoms. The molecule has 0 aromatic carbocycles. The van der Waals surface area contributed by atoms with Gasteiger partial charge in [-0.1, -0.05) is 6.07 Å². The second-order valence-electron chi connectivity index (χ2n) is 4.03. The molecule has 102 valence electrons. The molecular weight excluding hydrogens is 280 g/mol. The zero-order valence-electron chi connectivity index (χ0n) is 10.6. The monoisotopic (exact) mass is 296 g/mol. The largest absolute Gasteiger partial charge is 0.469 e. The maximum atomic E-state index is 11.5. The molecule has 0 aliphatic carbocycles. The van der Waals surface area contributed by atoms with Gasteiger partial charge in [0.1, 0.15) is 0 Å². The average molecular weight is 296 g/mol. The van der Waals surface area contributed by atoms with E-state index in [9.17, 15) is 4.79 Å². The van der Waals surface area contributed by atoms with Crippen LogP contribution < -0.4 is 11.1 Å². The Kier molecular flexibility index (Phi) is 4.95. The van der Waals surface area contributed by atoms with Crippen LogP contribution in [0.5, 0.6) is 0 Å². The molecular formula is C13H16N2O2S2. The third kappa shape index (κ3) is 3.79. The zero-order valence-corrected chi connectivity index (χ0v) is 12.2. The van der Waals surface area contributed by atoms with Crippen molar-refractivity contribution in [2.75, 3.05) is 12.8 Å². The van der Waals surface area contributed by atoms with Gasteiger partial charge in [0.2, 0.25) is 0 Å². The summed E-state index contributed by atoms with van der Waals surface area (Å²) < 4.78 is 4.74. The van der Waals surface area contributed by atoms with Crippen molar-refractivity contribution in [3.05, 3.63) is 38.7 Å². The molecule has 0 aliphatic rings. The van der Waals surface area contributed by atoms with Crippen LogP contribution in [0.4, 0.5) is 5.69 Å². The van der Waals surface area contributed by atoms with Crippen LogP contribution in [0.1, 0.15) is 22.2 Å². The van der Waals surface area contributed by atoms with Crippen LogP contribution >= 0.6 is 22.7 Å². The van der Waals surface area contributed by atoms with Crippen molar-refractivity contribution in [3.63, 3.8) is 0 Å². The van der Waals surface area contributed by atoms with Gasteiger partial charge in [0.25, 0.3) is 0 Å². The van der Waals surface area contributed by atoms with E-state index in [0.717, 1.165) is 15.4 Å². The number of nitrogens with one attached hydrogen (secondary N) is 1. The molecule has 19 heavy (non-hydrogen) atoms. The first-order valence-corrected chi connectivity index (χ1v) is 7.62. The number of thiophene rings is 2. The molecule has 0 fully saturated rings. The summed E-state index contributed by atoms with van der Waals surface area (Å²) in [5.74, 6) is -0.218. The zero-order chi connectivity index (χ0) is 13.7. The Labute approximate surface area is 120 Å². The molecule has 4 nitrogen and oxygen atoms in total. The summed E-state index contributed by atoms with van der Waals surface area (Å²) in [4.78, 5) is 13.7. The highest BCUT2D eigenvalue weighted by molar-refractivity contribution is 7.10. The fraction of sp³-hybridized carbons (Fsp3) is 0.308. The lowest BCUT2D eigenvalue weighted by molar-refractivity contribution is -0.141. The number of nitrogen functional groups attached to an aromatic ring is 1. The van der Waals surface area contributed by atoms with Crippen LogP contribution in [0.25, 0.3) is 0 Å². The quantitative estimate of drug-likeness (QED) is 0.805. The number of ether oxygens (including phenoxy) is 1. The Balaban J connectivity index is 2.02. The van der Waals surface area contributed by atoms with Gasteiger partial charge in [-0.2, -0.15) is 0 Å². The van der Waals surface area contributed by atoms with Crippen molar-refractivity contribution < 1.29 is 9.53 Å². The third-order valence-electron chi connectivity index (χ3n) is 2.77. The highest BCUT2D eigenvalue weighted by Crippen LogP contribution is 2.25. The van der Waals surface area contributed by atoms with E-state index in [1.165, 1.54) is 7.11 Å². The number of hydrogen-bond donors (Lipinski definition) is 2. The molecule has 2 rings (SSSR count). The van der Waals surface area contributed by atoms with Crippen molar-refractivity contribution in [2.45, 2.75) is 19.0 Å². The maximum Gasteiger partial charge on any atom is 0.307 e. The molecule has 0 aliphatic heterocycles. The molecule has 0 saturated heterocycles. The molecule has 2 aromatic rings. The Bertz CT molecular complexity index is 522. The minimum absolute atomic E-state index is 0.0334. The van der Waals surface area contributed by atoms with Gasteiger partial charge in [0, 0.05) is 22.0 Å². The number of carbonyl (C=O) groups excluding carboxylic acids is 1. The van der Waals surface area contributed by atoms with E-state index in [1.807, 2.05) is 29.0 Å². The number of methoxy groups -OCH3 is 1. The lowest BCUT2D eigenvalue weighted by Crippen LogP contribution is -2.23. The van der Waals surface area contributed by atoms with Gasteiger partial charge in [-0.3, -0.25) is 4.79 Å². The molecule has 1 atom stereocenters. The summed E-state index contributed by atoms with van der Waals surface area (Å²) in [6.45, 7) is 0.656. The van der Waals surface area contributed by atoms with Crippen LogP contribution in [0.15, 0.2) is 29.0 Å². The molecule has 0 amide bonds. The molecule has 0 saturated carbocycles. The highest BCUT2D eigenvalue weighted by Gasteiger charge is 2.17. The first-order valence-electron chi connectivity index (χ1n) is 5.86. The minimum Gasteiger partial charge on any atom is -0.469 e. The Morgan fingerprint density at radius 1 is 1.42 bits per heavy atom.